The van der Waals surface area contributed by atoms with E-state index in [-0.39, 0.29) is 18.6 Å². The molecule has 1 aromatic rings. The summed E-state index contributed by atoms with van der Waals surface area (Å²) in [6, 6.07) is 5.57. The lowest BCUT2D eigenvalue weighted by atomic mass is 9.96. The van der Waals surface area contributed by atoms with E-state index in [0.29, 0.717) is 17.1 Å². The Bertz CT molecular complexity index is 509. The lowest BCUT2D eigenvalue weighted by Crippen LogP contribution is -2.44. The fourth-order valence-corrected chi connectivity index (χ4v) is 3.29. The molecule has 0 spiro atoms. The Morgan fingerprint density at radius 2 is 2.05 bits per heavy atom. The van der Waals surface area contributed by atoms with Gasteiger partial charge in [-0.1, -0.05) is 25.8 Å². The van der Waals surface area contributed by atoms with E-state index in [2.05, 4.69) is 11.8 Å². The van der Waals surface area contributed by atoms with E-state index in [9.17, 15) is 4.79 Å². The van der Waals surface area contributed by atoms with Crippen LogP contribution >= 0.6 is 0 Å². The van der Waals surface area contributed by atoms with Gasteiger partial charge in [0.25, 0.3) is 0 Å². The first-order valence-electron chi connectivity index (χ1n) is 7.98. The highest BCUT2D eigenvalue weighted by Crippen LogP contribution is 2.36. The number of carbonyl (C=O) groups is 1. The molecule has 21 heavy (non-hydrogen) atoms. The fourth-order valence-electron chi connectivity index (χ4n) is 3.29. The first-order chi connectivity index (χ1) is 10.3. The summed E-state index contributed by atoms with van der Waals surface area (Å²) in [6.07, 6.45) is 5.59. The smallest absolute Gasteiger partial charge is 0.231 e. The molecule has 0 amide bonds. The summed E-state index contributed by atoms with van der Waals surface area (Å²) >= 11 is 0. The van der Waals surface area contributed by atoms with Gasteiger partial charge in [0.1, 0.15) is 0 Å². The third-order valence-electron chi connectivity index (χ3n) is 4.36. The molecule has 0 N–H and O–H groups in total. The van der Waals surface area contributed by atoms with E-state index in [0.717, 1.165) is 25.9 Å². The minimum Gasteiger partial charge on any atom is -0.454 e. The number of hydrogen-bond acceptors (Lipinski definition) is 4. The molecule has 3 rings (SSSR count). The molecular formula is C17H23NO3. The maximum Gasteiger partial charge on any atom is 0.231 e. The topological polar surface area (TPSA) is 38.8 Å². The number of rotatable bonds is 5. The van der Waals surface area contributed by atoms with Crippen molar-refractivity contribution in [3.63, 3.8) is 0 Å². The van der Waals surface area contributed by atoms with Gasteiger partial charge in [-0.3, -0.25) is 9.69 Å². The average molecular weight is 289 g/mol. The Hall–Kier alpha value is -1.55. The second-order valence-corrected chi connectivity index (χ2v) is 5.80. The zero-order valence-electron chi connectivity index (χ0n) is 12.6. The molecule has 2 aliphatic rings. The molecule has 1 atom stereocenters. The molecule has 0 bridgehead atoms. The number of Topliss-reactive ketones (excluding diaryl/α,β-unsaturated/α-hetero) is 1. The van der Waals surface area contributed by atoms with E-state index < -0.39 is 0 Å². The maximum absolute atomic E-state index is 13.0. The van der Waals surface area contributed by atoms with Crippen molar-refractivity contribution in [2.45, 2.75) is 45.1 Å². The summed E-state index contributed by atoms with van der Waals surface area (Å²) in [5.41, 5.74) is 0.675. The van der Waals surface area contributed by atoms with Gasteiger partial charge in [-0.15, -0.1) is 0 Å². The monoisotopic (exact) mass is 289 g/mol. The molecule has 0 aliphatic carbocycles. The molecule has 1 aromatic carbocycles. The minimum atomic E-state index is -0.0222. The molecule has 2 heterocycles. The van der Waals surface area contributed by atoms with Crippen LogP contribution in [0.25, 0.3) is 0 Å². The number of carbonyl (C=O) groups excluding carboxylic acids is 1. The maximum atomic E-state index is 13.0. The molecule has 4 heteroatoms. The molecule has 1 saturated heterocycles. The predicted octanol–water partition coefficient (Wildman–Crippen LogP) is 3.25. The molecule has 114 valence electrons. The van der Waals surface area contributed by atoms with E-state index in [1.54, 1.807) is 0 Å². The molecule has 2 aliphatic heterocycles. The van der Waals surface area contributed by atoms with Gasteiger partial charge in [0.2, 0.25) is 6.79 Å². The van der Waals surface area contributed by atoms with E-state index in [1.165, 1.54) is 19.3 Å². The lowest BCUT2D eigenvalue weighted by Gasteiger charge is -2.33. The highest BCUT2D eigenvalue weighted by Gasteiger charge is 2.31. The number of ketones is 1. The van der Waals surface area contributed by atoms with Gasteiger partial charge in [-0.25, -0.2) is 0 Å². The van der Waals surface area contributed by atoms with Crippen molar-refractivity contribution in [3.8, 4) is 11.5 Å². The predicted molar refractivity (Wildman–Crippen MR) is 81.0 cm³/mol. The van der Waals surface area contributed by atoms with Crippen molar-refractivity contribution in [2.75, 3.05) is 19.9 Å². The molecule has 0 saturated carbocycles. The summed E-state index contributed by atoms with van der Waals surface area (Å²) in [6.45, 7) is 4.41. The number of piperidine rings is 1. The average Bonchev–Trinajstić information content (AvgIpc) is 3.01. The highest BCUT2D eigenvalue weighted by molar-refractivity contribution is 6.03. The second-order valence-electron chi connectivity index (χ2n) is 5.80. The van der Waals surface area contributed by atoms with Crippen LogP contribution in [0.5, 0.6) is 11.5 Å². The number of likely N-dealkylation sites (tertiary alicyclic amines) is 1. The van der Waals surface area contributed by atoms with Crippen LogP contribution < -0.4 is 9.47 Å². The van der Waals surface area contributed by atoms with E-state index in [1.807, 2.05) is 18.2 Å². The Morgan fingerprint density at radius 1 is 1.24 bits per heavy atom. The number of ether oxygens (including phenoxy) is 2. The standard InChI is InChI=1S/C17H23NO3/c1-2-7-14(18-10-4-3-5-11-18)16(19)13-8-6-9-15-17(13)21-12-20-15/h6,8-9,14H,2-5,7,10-12H2,1H3/t14-/m1/s1. The summed E-state index contributed by atoms with van der Waals surface area (Å²) in [5, 5.41) is 0. The Labute approximate surface area is 126 Å². The highest BCUT2D eigenvalue weighted by atomic mass is 16.7. The van der Waals surface area contributed by atoms with Gasteiger partial charge in [-0.05, 0) is 44.5 Å². The van der Waals surface area contributed by atoms with Crippen LogP contribution in [0.1, 0.15) is 49.4 Å². The largest absolute Gasteiger partial charge is 0.454 e. The third kappa shape index (κ3) is 2.91. The number of benzene rings is 1. The van der Waals surface area contributed by atoms with Crippen molar-refractivity contribution >= 4 is 5.78 Å². The Balaban J connectivity index is 1.85. The fraction of sp³-hybridized carbons (Fsp3) is 0.588. The van der Waals surface area contributed by atoms with E-state index >= 15 is 0 Å². The number of para-hydroxylation sites is 1. The van der Waals surface area contributed by atoms with Gasteiger partial charge >= 0.3 is 0 Å². The van der Waals surface area contributed by atoms with E-state index in [4.69, 9.17) is 9.47 Å². The normalized spacial score (nSPS) is 19.5. The minimum absolute atomic E-state index is 0.0222. The van der Waals surface area contributed by atoms with Crippen LogP contribution in [0.4, 0.5) is 0 Å². The quantitative estimate of drug-likeness (QED) is 0.780. The van der Waals surface area contributed by atoms with Crippen LogP contribution in [0, 0.1) is 0 Å². The SMILES string of the molecule is CCC[C@H](C(=O)c1cccc2c1OCO2)N1CCCCC1. The zero-order chi connectivity index (χ0) is 14.7. The van der Waals surface area contributed by atoms with Crippen molar-refractivity contribution in [2.24, 2.45) is 0 Å². The van der Waals surface area contributed by atoms with Gasteiger partial charge in [0.15, 0.2) is 17.3 Å². The number of nitrogens with zero attached hydrogens (tertiary/aromatic N) is 1. The zero-order valence-corrected chi connectivity index (χ0v) is 12.6. The van der Waals surface area contributed by atoms with Crippen molar-refractivity contribution in [1.29, 1.82) is 0 Å². The van der Waals surface area contributed by atoms with Crippen molar-refractivity contribution < 1.29 is 14.3 Å². The van der Waals surface area contributed by atoms with Crippen LogP contribution in [0.15, 0.2) is 18.2 Å². The Morgan fingerprint density at radius 3 is 2.81 bits per heavy atom. The van der Waals surface area contributed by atoms with Crippen LogP contribution in [0.2, 0.25) is 0 Å². The van der Waals surface area contributed by atoms with Crippen molar-refractivity contribution in [3.05, 3.63) is 23.8 Å². The molecule has 0 radical (unpaired) electrons. The molecule has 1 fully saturated rings. The molecule has 0 aromatic heterocycles. The van der Waals surface area contributed by atoms with Crippen LogP contribution in [0.3, 0.4) is 0 Å². The first kappa shape index (κ1) is 14.4. The summed E-state index contributed by atoms with van der Waals surface area (Å²) in [4.78, 5) is 15.4. The van der Waals surface area contributed by atoms with Crippen LogP contribution in [-0.4, -0.2) is 36.6 Å². The van der Waals surface area contributed by atoms with Gasteiger partial charge in [0.05, 0.1) is 11.6 Å². The van der Waals surface area contributed by atoms with Crippen molar-refractivity contribution in [1.82, 2.24) is 4.90 Å². The van der Waals surface area contributed by atoms with Gasteiger partial charge < -0.3 is 9.47 Å². The molecule has 4 nitrogen and oxygen atoms in total. The summed E-state index contributed by atoms with van der Waals surface area (Å²) in [5.74, 6) is 1.50. The third-order valence-corrected chi connectivity index (χ3v) is 4.36. The number of hydrogen-bond donors (Lipinski definition) is 0. The lowest BCUT2D eigenvalue weighted by molar-refractivity contribution is 0.0763. The van der Waals surface area contributed by atoms with Gasteiger partial charge in [0, 0.05) is 0 Å². The first-order valence-corrected chi connectivity index (χ1v) is 7.98. The summed E-state index contributed by atoms with van der Waals surface area (Å²) in [7, 11) is 0. The Kier molecular flexibility index (Phi) is 4.44. The second kappa shape index (κ2) is 6.48. The summed E-state index contributed by atoms with van der Waals surface area (Å²) < 4.78 is 10.9. The van der Waals surface area contributed by atoms with Gasteiger partial charge in [-0.2, -0.15) is 0 Å². The molecular weight excluding hydrogens is 266 g/mol. The molecule has 0 unspecified atom stereocenters. The van der Waals surface area contributed by atoms with Crippen LogP contribution in [-0.2, 0) is 0 Å². The number of fused-ring (bicyclic) bond motifs is 1.